The molecule has 1 unspecified atom stereocenters. The maximum absolute atomic E-state index is 5.98. The standard InChI is InChI=1S/C14H22N2O2/c1-3-16-7-8-17-12(9-16)10-18-13-6-4-5-11(2)14(13)15/h4-6,12H,3,7-10,15H2,1-2H3. The minimum absolute atomic E-state index is 0.138. The number of aryl methyl sites for hydroxylation is 1. The van der Waals surface area contributed by atoms with Gasteiger partial charge in [0.15, 0.2) is 0 Å². The van der Waals surface area contributed by atoms with E-state index < -0.39 is 0 Å². The highest BCUT2D eigenvalue weighted by atomic mass is 16.5. The molecular weight excluding hydrogens is 228 g/mol. The van der Waals surface area contributed by atoms with E-state index in [2.05, 4.69) is 11.8 Å². The lowest BCUT2D eigenvalue weighted by Gasteiger charge is -2.31. The summed E-state index contributed by atoms with van der Waals surface area (Å²) in [5.74, 6) is 0.757. The van der Waals surface area contributed by atoms with Crippen LogP contribution in [0.5, 0.6) is 5.75 Å². The first-order valence-electron chi connectivity index (χ1n) is 6.52. The first-order valence-corrected chi connectivity index (χ1v) is 6.52. The minimum atomic E-state index is 0.138. The Morgan fingerprint density at radius 2 is 2.33 bits per heavy atom. The number of nitrogen functional groups attached to an aromatic ring is 1. The summed E-state index contributed by atoms with van der Waals surface area (Å²) < 4.78 is 11.5. The van der Waals surface area contributed by atoms with Gasteiger partial charge in [0.1, 0.15) is 18.5 Å². The smallest absolute Gasteiger partial charge is 0.142 e. The van der Waals surface area contributed by atoms with E-state index in [0.29, 0.717) is 6.61 Å². The molecule has 4 heteroatoms. The van der Waals surface area contributed by atoms with Crippen molar-refractivity contribution in [2.75, 3.05) is 38.6 Å². The highest BCUT2D eigenvalue weighted by Gasteiger charge is 2.20. The van der Waals surface area contributed by atoms with Crippen molar-refractivity contribution in [3.8, 4) is 5.75 Å². The molecule has 4 nitrogen and oxygen atoms in total. The maximum atomic E-state index is 5.98. The zero-order chi connectivity index (χ0) is 13.0. The Hall–Kier alpha value is -1.26. The Bertz CT molecular complexity index is 395. The molecule has 0 spiro atoms. The molecule has 1 atom stereocenters. The molecule has 1 aromatic carbocycles. The number of rotatable bonds is 4. The fourth-order valence-corrected chi connectivity index (χ4v) is 2.13. The molecule has 0 bridgehead atoms. The number of nitrogens with zero attached hydrogens (tertiary/aromatic N) is 1. The third kappa shape index (κ3) is 3.15. The number of ether oxygens (including phenoxy) is 2. The Kier molecular flexibility index (Phi) is 4.44. The van der Waals surface area contributed by atoms with Crippen LogP contribution in [-0.2, 0) is 4.74 Å². The lowest BCUT2D eigenvalue weighted by atomic mass is 10.2. The van der Waals surface area contributed by atoms with Crippen LogP contribution < -0.4 is 10.5 Å². The largest absolute Gasteiger partial charge is 0.489 e. The summed E-state index contributed by atoms with van der Waals surface area (Å²) in [4.78, 5) is 2.37. The summed E-state index contributed by atoms with van der Waals surface area (Å²) in [5.41, 5.74) is 7.75. The third-order valence-electron chi connectivity index (χ3n) is 3.38. The first-order chi connectivity index (χ1) is 8.70. The van der Waals surface area contributed by atoms with Crippen molar-refractivity contribution >= 4 is 5.69 Å². The van der Waals surface area contributed by atoms with Crippen LogP contribution in [0.25, 0.3) is 0 Å². The average Bonchev–Trinajstić information content (AvgIpc) is 2.41. The summed E-state index contributed by atoms with van der Waals surface area (Å²) in [7, 11) is 0. The van der Waals surface area contributed by atoms with E-state index in [4.69, 9.17) is 15.2 Å². The zero-order valence-corrected chi connectivity index (χ0v) is 11.2. The summed E-state index contributed by atoms with van der Waals surface area (Å²) in [6.45, 7) is 8.50. The van der Waals surface area contributed by atoms with E-state index in [1.54, 1.807) is 0 Å². The number of anilines is 1. The quantitative estimate of drug-likeness (QED) is 0.826. The second-order valence-electron chi connectivity index (χ2n) is 4.68. The highest BCUT2D eigenvalue weighted by Crippen LogP contribution is 2.24. The number of likely N-dealkylation sites (N-methyl/N-ethyl adjacent to an activating group) is 1. The second-order valence-corrected chi connectivity index (χ2v) is 4.68. The summed E-state index contributed by atoms with van der Waals surface area (Å²) >= 11 is 0. The molecule has 1 aliphatic rings. The van der Waals surface area contributed by atoms with Gasteiger partial charge in [0.25, 0.3) is 0 Å². The van der Waals surface area contributed by atoms with Gasteiger partial charge in [-0.3, -0.25) is 4.90 Å². The molecule has 100 valence electrons. The van der Waals surface area contributed by atoms with Gasteiger partial charge in [-0.15, -0.1) is 0 Å². The lowest BCUT2D eigenvalue weighted by Crippen LogP contribution is -2.44. The van der Waals surface area contributed by atoms with Crippen LogP contribution in [0, 0.1) is 6.92 Å². The number of nitrogens with two attached hydrogens (primary N) is 1. The summed E-state index contributed by atoms with van der Waals surface area (Å²) in [5, 5.41) is 0. The highest BCUT2D eigenvalue weighted by molar-refractivity contribution is 5.57. The number of hydrogen-bond acceptors (Lipinski definition) is 4. The molecule has 1 saturated heterocycles. The summed E-state index contributed by atoms with van der Waals surface area (Å²) in [6, 6.07) is 5.85. The predicted octanol–water partition coefficient (Wildman–Crippen LogP) is 1.68. The monoisotopic (exact) mass is 250 g/mol. The van der Waals surface area contributed by atoms with E-state index in [0.717, 1.165) is 43.2 Å². The van der Waals surface area contributed by atoms with Crippen molar-refractivity contribution in [1.29, 1.82) is 0 Å². The Labute approximate surface area is 109 Å². The van der Waals surface area contributed by atoms with E-state index in [1.165, 1.54) is 0 Å². The van der Waals surface area contributed by atoms with Crippen molar-refractivity contribution in [3.63, 3.8) is 0 Å². The molecule has 0 radical (unpaired) electrons. The van der Waals surface area contributed by atoms with Crippen molar-refractivity contribution < 1.29 is 9.47 Å². The molecule has 1 heterocycles. The molecule has 1 fully saturated rings. The second kappa shape index (κ2) is 6.07. The number of hydrogen-bond donors (Lipinski definition) is 1. The van der Waals surface area contributed by atoms with Crippen LogP contribution in [0.4, 0.5) is 5.69 Å². The Balaban J connectivity index is 1.89. The van der Waals surface area contributed by atoms with Crippen molar-refractivity contribution in [3.05, 3.63) is 23.8 Å². The van der Waals surface area contributed by atoms with Crippen LogP contribution in [0.15, 0.2) is 18.2 Å². The molecule has 0 aromatic heterocycles. The normalized spacial score (nSPS) is 20.9. The number of morpholine rings is 1. The topological polar surface area (TPSA) is 47.7 Å². The van der Waals surface area contributed by atoms with Gasteiger partial charge in [0.05, 0.1) is 12.3 Å². The fraction of sp³-hybridized carbons (Fsp3) is 0.571. The number of para-hydroxylation sites is 1. The van der Waals surface area contributed by atoms with Crippen LogP contribution in [-0.4, -0.2) is 43.9 Å². The molecule has 0 amide bonds. The lowest BCUT2D eigenvalue weighted by molar-refractivity contribution is -0.0463. The molecule has 18 heavy (non-hydrogen) atoms. The van der Waals surface area contributed by atoms with E-state index >= 15 is 0 Å². The van der Waals surface area contributed by atoms with E-state index in [9.17, 15) is 0 Å². The SMILES string of the molecule is CCN1CCOC(COc2cccc(C)c2N)C1. The molecule has 0 saturated carbocycles. The van der Waals surface area contributed by atoms with Gasteiger partial charge in [0.2, 0.25) is 0 Å². The molecular formula is C14H22N2O2. The van der Waals surface area contributed by atoms with E-state index in [-0.39, 0.29) is 6.10 Å². The summed E-state index contributed by atoms with van der Waals surface area (Å²) in [6.07, 6.45) is 0.138. The third-order valence-corrected chi connectivity index (χ3v) is 3.38. The van der Waals surface area contributed by atoms with Gasteiger partial charge in [0, 0.05) is 13.1 Å². The van der Waals surface area contributed by atoms with Gasteiger partial charge in [-0.2, -0.15) is 0 Å². The zero-order valence-electron chi connectivity index (χ0n) is 11.2. The van der Waals surface area contributed by atoms with Crippen molar-refractivity contribution in [1.82, 2.24) is 4.90 Å². The van der Waals surface area contributed by atoms with Gasteiger partial charge >= 0.3 is 0 Å². The molecule has 0 aliphatic carbocycles. The van der Waals surface area contributed by atoms with E-state index in [1.807, 2.05) is 25.1 Å². The minimum Gasteiger partial charge on any atom is -0.489 e. The maximum Gasteiger partial charge on any atom is 0.142 e. The average molecular weight is 250 g/mol. The van der Waals surface area contributed by atoms with Gasteiger partial charge in [-0.05, 0) is 25.1 Å². The Morgan fingerprint density at radius 1 is 1.50 bits per heavy atom. The van der Waals surface area contributed by atoms with Gasteiger partial charge in [-0.1, -0.05) is 19.1 Å². The van der Waals surface area contributed by atoms with Crippen molar-refractivity contribution in [2.45, 2.75) is 20.0 Å². The Morgan fingerprint density at radius 3 is 3.11 bits per heavy atom. The van der Waals surface area contributed by atoms with Crippen LogP contribution >= 0.6 is 0 Å². The molecule has 2 rings (SSSR count). The predicted molar refractivity (Wildman–Crippen MR) is 72.9 cm³/mol. The van der Waals surface area contributed by atoms with Crippen LogP contribution in [0.1, 0.15) is 12.5 Å². The van der Waals surface area contributed by atoms with Gasteiger partial charge in [-0.25, -0.2) is 0 Å². The van der Waals surface area contributed by atoms with Gasteiger partial charge < -0.3 is 15.2 Å². The molecule has 2 N–H and O–H groups in total. The molecule has 1 aliphatic heterocycles. The fourth-order valence-electron chi connectivity index (χ4n) is 2.13. The number of benzene rings is 1. The van der Waals surface area contributed by atoms with Crippen LogP contribution in [0.2, 0.25) is 0 Å². The van der Waals surface area contributed by atoms with Crippen LogP contribution in [0.3, 0.4) is 0 Å². The first kappa shape index (κ1) is 13.2. The molecule has 1 aromatic rings. The van der Waals surface area contributed by atoms with Crippen molar-refractivity contribution in [2.24, 2.45) is 0 Å².